The highest BCUT2D eigenvalue weighted by molar-refractivity contribution is 7.47. The van der Waals surface area contributed by atoms with Crippen LogP contribution in [0.5, 0.6) is 0 Å². The number of hydrogen-bond acceptors (Lipinski definition) is 13. The third kappa shape index (κ3) is 42.8. The Kier molecular flexibility index (Phi) is 39.5. The van der Waals surface area contributed by atoms with Crippen LogP contribution < -0.4 is 0 Å². The van der Waals surface area contributed by atoms with Crippen molar-refractivity contribution in [1.82, 2.24) is 0 Å². The van der Waals surface area contributed by atoms with Crippen molar-refractivity contribution in [3.05, 3.63) is 72.9 Å². The molecule has 0 radical (unpaired) electrons. The lowest BCUT2D eigenvalue weighted by Crippen LogP contribution is -2.25. The number of esters is 2. The molecule has 0 rings (SSSR count). The molecule has 358 valence electrons. The normalized spacial score (nSPS) is 15.9. The number of phosphoric acid groups is 2. The number of allylic oxidation sites excluding steroid dienone is 12. The largest absolute Gasteiger partial charge is 0.472 e. The number of rotatable bonds is 42. The lowest BCUT2D eigenvalue weighted by molar-refractivity contribution is -0.148. The third-order valence-electron chi connectivity index (χ3n) is 8.84. The van der Waals surface area contributed by atoms with Crippen molar-refractivity contribution in [2.24, 2.45) is 0 Å². The molecule has 0 aliphatic heterocycles. The van der Waals surface area contributed by atoms with Gasteiger partial charge in [-0.1, -0.05) is 170 Å². The molecule has 62 heavy (non-hydrogen) atoms. The van der Waals surface area contributed by atoms with E-state index in [1.165, 1.54) is 57.8 Å². The second kappa shape index (κ2) is 41.2. The third-order valence-corrected chi connectivity index (χ3v) is 10.7. The standard InChI is InChI=1S/C45H78O15P2/c1-3-5-7-9-11-13-15-17-18-19-20-22-24-26-28-30-32-34-45(50)56-36-42(47)38-58-62(53,54)60-40-43(48)39-59-61(51,52)57-37-41(46)35-55-44(49)33-31-29-27-25-23-21-16-14-12-10-8-6-4-2/h5,7,9,11,13,15,17-20,22,24,41-43,46-48H,3-4,6,8,10,12,14,16,21,23,25-40H2,1-2H3,(H,51,52)(H,53,54)/b7-5-,11-9+,15-13+,18-17-,20-19+,24-22+. The van der Waals surface area contributed by atoms with E-state index in [4.69, 9.17) is 9.47 Å². The van der Waals surface area contributed by atoms with Crippen LogP contribution in [-0.2, 0) is 46.3 Å². The summed E-state index contributed by atoms with van der Waals surface area (Å²) in [5, 5.41) is 30.0. The first-order valence-corrected chi connectivity index (χ1v) is 25.4. The topological polar surface area (TPSA) is 225 Å². The molecule has 0 bridgehead atoms. The molecule has 17 heteroatoms. The molecule has 0 saturated heterocycles. The fourth-order valence-electron chi connectivity index (χ4n) is 5.36. The number of ether oxygens (including phenoxy) is 2. The summed E-state index contributed by atoms with van der Waals surface area (Å²) in [4.78, 5) is 43.6. The van der Waals surface area contributed by atoms with Gasteiger partial charge in [0.15, 0.2) is 0 Å². The average molecular weight is 921 g/mol. The summed E-state index contributed by atoms with van der Waals surface area (Å²) in [6.07, 6.45) is 38.9. The van der Waals surface area contributed by atoms with Crippen LogP contribution in [0, 0.1) is 0 Å². The lowest BCUT2D eigenvalue weighted by Gasteiger charge is -2.19. The Hall–Kier alpha value is -2.52. The molecule has 0 aromatic rings. The molecular formula is C45H78O15P2. The van der Waals surface area contributed by atoms with Crippen molar-refractivity contribution in [3.63, 3.8) is 0 Å². The Labute approximate surface area is 371 Å². The van der Waals surface area contributed by atoms with Gasteiger partial charge < -0.3 is 34.6 Å². The fraction of sp³-hybridized carbons (Fsp3) is 0.689. The van der Waals surface area contributed by atoms with Gasteiger partial charge in [-0.15, -0.1) is 0 Å². The monoisotopic (exact) mass is 920 g/mol. The molecule has 0 heterocycles. The van der Waals surface area contributed by atoms with Crippen molar-refractivity contribution in [1.29, 1.82) is 0 Å². The van der Waals surface area contributed by atoms with E-state index in [0.29, 0.717) is 12.8 Å². The Morgan fingerprint density at radius 1 is 0.435 bits per heavy atom. The van der Waals surface area contributed by atoms with Crippen molar-refractivity contribution < 1.29 is 71.4 Å². The Morgan fingerprint density at radius 3 is 1.11 bits per heavy atom. The minimum Gasteiger partial charge on any atom is -0.463 e. The molecule has 0 spiro atoms. The summed E-state index contributed by atoms with van der Waals surface area (Å²) >= 11 is 0. The van der Waals surface area contributed by atoms with Crippen molar-refractivity contribution in [2.45, 2.75) is 161 Å². The highest BCUT2D eigenvalue weighted by Crippen LogP contribution is 2.45. The van der Waals surface area contributed by atoms with Crippen molar-refractivity contribution in [3.8, 4) is 0 Å². The summed E-state index contributed by atoms with van der Waals surface area (Å²) in [7, 11) is -9.58. The van der Waals surface area contributed by atoms with E-state index in [-0.39, 0.29) is 12.8 Å². The average Bonchev–Trinajstić information content (AvgIpc) is 3.24. The zero-order valence-electron chi connectivity index (χ0n) is 37.3. The number of carbonyl (C=O) groups is 2. The zero-order valence-corrected chi connectivity index (χ0v) is 39.0. The Balaban J connectivity index is 3.98. The zero-order chi connectivity index (χ0) is 46.0. The predicted octanol–water partition coefficient (Wildman–Crippen LogP) is 9.60. The molecule has 0 aromatic heterocycles. The minimum absolute atomic E-state index is 0.141. The maximum absolute atomic E-state index is 12.1. The molecule has 0 amide bonds. The van der Waals surface area contributed by atoms with Crippen LogP contribution in [0.4, 0.5) is 0 Å². The molecule has 0 fully saturated rings. The molecule has 0 aliphatic carbocycles. The van der Waals surface area contributed by atoms with Gasteiger partial charge in [0.05, 0.1) is 26.4 Å². The van der Waals surface area contributed by atoms with E-state index in [2.05, 4.69) is 38.0 Å². The van der Waals surface area contributed by atoms with Gasteiger partial charge in [-0.05, 0) is 32.1 Å². The van der Waals surface area contributed by atoms with E-state index in [1.54, 1.807) is 0 Å². The van der Waals surface area contributed by atoms with E-state index < -0.39 is 85.5 Å². The molecule has 15 nitrogen and oxygen atoms in total. The number of hydrogen-bond donors (Lipinski definition) is 5. The molecule has 5 N–H and O–H groups in total. The first kappa shape index (κ1) is 59.5. The van der Waals surface area contributed by atoms with Gasteiger partial charge in [0.2, 0.25) is 0 Å². The van der Waals surface area contributed by atoms with Crippen LogP contribution in [0.15, 0.2) is 72.9 Å². The van der Waals surface area contributed by atoms with Gasteiger partial charge >= 0.3 is 27.6 Å². The summed E-state index contributed by atoms with van der Waals surface area (Å²) in [5.41, 5.74) is 0. The maximum Gasteiger partial charge on any atom is 0.472 e. The van der Waals surface area contributed by atoms with Crippen LogP contribution in [0.25, 0.3) is 0 Å². The van der Waals surface area contributed by atoms with Gasteiger partial charge in [0.25, 0.3) is 0 Å². The van der Waals surface area contributed by atoms with E-state index in [9.17, 15) is 43.8 Å². The molecule has 5 unspecified atom stereocenters. The quantitative estimate of drug-likeness (QED) is 0.0166. The highest BCUT2D eigenvalue weighted by Gasteiger charge is 2.28. The summed E-state index contributed by atoms with van der Waals surface area (Å²) in [5.74, 6) is -1.04. The van der Waals surface area contributed by atoms with Crippen LogP contribution in [0.1, 0.15) is 142 Å². The Morgan fingerprint density at radius 2 is 0.742 bits per heavy atom. The number of aliphatic hydroxyl groups excluding tert-OH is 3. The first-order valence-electron chi connectivity index (χ1n) is 22.4. The SMILES string of the molecule is CC\C=C/C=C/C=C/C=C\C=C\C=C\CCCCCC(=O)OCC(O)COP(=O)(O)OCC(O)COP(=O)(O)OCC(O)COC(=O)CCCCCCCCCCCCCCC. The summed E-state index contributed by atoms with van der Waals surface area (Å²) in [6, 6.07) is 0. The fourth-order valence-corrected chi connectivity index (χ4v) is 6.95. The van der Waals surface area contributed by atoms with Gasteiger partial charge in [-0.2, -0.15) is 0 Å². The molecule has 0 aliphatic rings. The van der Waals surface area contributed by atoms with Crippen molar-refractivity contribution >= 4 is 27.6 Å². The second-order valence-electron chi connectivity index (χ2n) is 14.8. The van der Waals surface area contributed by atoms with Crippen LogP contribution in [-0.4, -0.2) is 95.0 Å². The van der Waals surface area contributed by atoms with Crippen LogP contribution in [0.2, 0.25) is 0 Å². The maximum atomic E-state index is 12.1. The molecular weight excluding hydrogens is 842 g/mol. The summed E-state index contributed by atoms with van der Waals surface area (Å²) in [6.45, 7) is 0.195. The van der Waals surface area contributed by atoms with E-state index in [0.717, 1.165) is 44.9 Å². The molecule has 5 atom stereocenters. The Bertz CT molecular complexity index is 1390. The van der Waals surface area contributed by atoms with E-state index >= 15 is 0 Å². The molecule has 0 saturated carbocycles. The van der Waals surface area contributed by atoms with Gasteiger partial charge in [-0.3, -0.25) is 27.7 Å². The summed E-state index contributed by atoms with van der Waals surface area (Å²) < 4.78 is 52.8. The lowest BCUT2D eigenvalue weighted by atomic mass is 10.0. The number of aliphatic hydroxyl groups is 3. The number of unbranched alkanes of at least 4 members (excludes halogenated alkanes) is 15. The van der Waals surface area contributed by atoms with Crippen molar-refractivity contribution in [2.75, 3.05) is 39.6 Å². The van der Waals surface area contributed by atoms with Crippen LogP contribution in [0.3, 0.4) is 0 Å². The van der Waals surface area contributed by atoms with Gasteiger partial charge in [0, 0.05) is 12.8 Å². The van der Waals surface area contributed by atoms with Gasteiger partial charge in [0.1, 0.15) is 31.5 Å². The smallest absolute Gasteiger partial charge is 0.463 e. The molecule has 0 aromatic carbocycles. The van der Waals surface area contributed by atoms with Gasteiger partial charge in [-0.25, -0.2) is 9.13 Å². The second-order valence-corrected chi connectivity index (χ2v) is 17.8. The first-order chi connectivity index (χ1) is 29.8. The van der Waals surface area contributed by atoms with Crippen LogP contribution >= 0.6 is 15.6 Å². The van der Waals surface area contributed by atoms with E-state index in [1.807, 2.05) is 66.8 Å². The number of carbonyl (C=O) groups excluding carboxylic acids is 2. The predicted molar refractivity (Wildman–Crippen MR) is 242 cm³/mol. The minimum atomic E-state index is -4.80. The number of phosphoric ester groups is 2. The highest BCUT2D eigenvalue weighted by atomic mass is 31.2.